The Balaban J connectivity index is 2.16. The van der Waals surface area contributed by atoms with Crippen molar-refractivity contribution in [3.63, 3.8) is 0 Å². The number of primary amides is 1. The number of hydrogen-bond acceptors (Lipinski definition) is 3. The molecule has 2 rings (SSSR count). The highest BCUT2D eigenvalue weighted by atomic mass is 79.9. The molecule has 1 aromatic carbocycles. The lowest BCUT2D eigenvalue weighted by molar-refractivity contribution is 0.0986. The Morgan fingerprint density at radius 1 is 1.39 bits per heavy atom. The van der Waals surface area contributed by atoms with Crippen LogP contribution in [0.2, 0.25) is 0 Å². The van der Waals surface area contributed by atoms with Gasteiger partial charge in [0.05, 0.1) is 5.56 Å². The van der Waals surface area contributed by atoms with E-state index in [-0.39, 0.29) is 12.1 Å². The van der Waals surface area contributed by atoms with Crippen LogP contribution in [0.3, 0.4) is 0 Å². The van der Waals surface area contributed by atoms with Crippen LogP contribution in [-0.2, 0) is 0 Å². The summed E-state index contributed by atoms with van der Waals surface area (Å²) in [6.45, 7) is 0. The predicted octanol–water partition coefficient (Wildman–Crippen LogP) is 2.20. The Hall–Kier alpha value is -1.07. The van der Waals surface area contributed by atoms with Gasteiger partial charge in [-0.05, 0) is 43.9 Å². The van der Waals surface area contributed by atoms with Crippen molar-refractivity contribution in [1.82, 2.24) is 0 Å². The quantitative estimate of drug-likeness (QED) is 0.898. The van der Waals surface area contributed by atoms with Crippen molar-refractivity contribution in [3.8, 4) is 5.75 Å². The third kappa shape index (κ3) is 3.23. The molecule has 98 valence electrons. The molecular weight excluding hydrogens is 296 g/mol. The summed E-state index contributed by atoms with van der Waals surface area (Å²) in [5, 5.41) is 0. The van der Waals surface area contributed by atoms with Crippen LogP contribution in [-0.4, -0.2) is 18.1 Å². The minimum atomic E-state index is -0.474. The number of amides is 1. The first-order valence-corrected chi connectivity index (χ1v) is 6.87. The first kappa shape index (κ1) is 13.4. The van der Waals surface area contributed by atoms with E-state index in [4.69, 9.17) is 16.2 Å². The van der Waals surface area contributed by atoms with Gasteiger partial charge in [0.2, 0.25) is 0 Å². The molecule has 1 fully saturated rings. The molecule has 1 saturated carbocycles. The second kappa shape index (κ2) is 5.71. The third-order valence-electron chi connectivity index (χ3n) is 3.17. The fraction of sp³-hybridized carbons (Fsp3) is 0.462. The van der Waals surface area contributed by atoms with Crippen LogP contribution in [0.5, 0.6) is 5.75 Å². The first-order chi connectivity index (χ1) is 8.56. The van der Waals surface area contributed by atoms with Gasteiger partial charge in [-0.25, -0.2) is 0 Å². The molecule has 0 aliphatic heterocycles. The van der Waals surface area contributed by atoms with Gasteiger partial charge in [0, 0.05) is 10.5 Å². The van der Waals surface area contributed by atoms with Crippen molar-refractivity contribution in [2.45, 2.75) is 37.8 Å². The van der Waals surface area contributed by atoms with Gasteiger partial charge >= 0.3 is 0 Å². The van der Waals surface area contributed by atoms with E-state index in [2.05, 4.69) is 15.9 Å². The van der Waals surface area contributed by atoms with Gasteiger partial charge in [0.25, 0.3) is 5.91 Å². The average molecular weight is 313 g/mol. The van der Waals surface area contributed by atoms with Crippen molar-refractivity contribution < 1.29 is 9.53 Å². The van der Waals surface area contributed by atoms with Gasteiger partial charge in [-0.2, -0.15) is 0 Å². The van der Waals surface area contributed by atoms with Crippen LogP contribution < -0.4 is 16.2 Å². The summed E-state index contributed by atoms with van der Waals surface area (Å²) in [6, 6.07) is 5.41. The second-order valence-corrected chi connectivity index (χ2v) is 5.59. The average Bonchev–Trinajstić information content (AvgIpc) is 2.28. The van der Waals surface area contributed by atoms with E-state index in [1.165, 1.54) is 0 Å². The summed E-state index contributed by atoms with van der Waals surface area (Å²) < 4.78 is 6.75. The van der Waals surface area contributed by atoms with Gasteiger partial charge in [0.15, 0.2) is 0 Å². The van der Waals surface area contributed by atoms with Crippen molar-refractivity contribution in [1.29, 1.82) is 0 Å². The molecule has 1 aliphatic rings. The first-order valence-electron chi connectivity index (χ1n) is 6.08. The Bertz CT molecular complexity index is 451. The number of ether oxygens (including phenoxy) is 1. The molecule has 0 radical (unpaired) electrons. The summed E-state index contributed by atoms with van der Waals surface area (Å²) >= 11 is 3.37. The number of carbonyl (C=O) groups excluding carboxylic acids is 1. The second-order valence-electron chi connectivity index (χ2n) is 4.67. The Morgan fingerprint density at radius 2 is 2.17 bits per heavy atom. The number of carbonyl (C=O) groups is 1. The third-order valence-corrected chi connectivity index (χ3v) is 3.66. The number of hydrogen-bond donors (Lipinski definition) is 2. The standard InChI is InChI=1S/C13H17BrN2O2/c14-8-4-5-11(13(16)17)12(6-8)18-10-3-1-2-9(15)7-10/h4-6,9-10H,1-3,7,15H2,(H2,16,17). The van der Waals surface area contributed by atoms with Crippen molar-refractivity contribution in [2.24, 2.45) is 11.5 Å². The van der Waals surface area contributed by atoms with E-state index >= 15 is 0 Å². The van der Waals surface area contributed by atoms with Gasteiger partial charge in [0.1, 0.15) is 11.9 Å². The summed E-state index contributed by atoms with van der Waals surface area (Å²) in [5.41, 5.74) is 11.7. The summed E-state index contributed by atoms with van der Waals surface area (Å²) in [6.07, 6.45) is 3.97. The fourth-order valence-electron chi connectivity index (χ4n) is 2.26. The molecular formula is C13H17BrN2O2. The largest absolute Gasteiger partial charge is 0.489 e. The van der Waals surface area contributed by atoms with Crippen LogP contribution >= 0.6 is 15.9 Å². The fourth-order valence-corrected chi connectivity index (χ4v) is 2.61. The topological polar surface area (TPSA) is 78.3 Å². The Labute approximate surface area is 115 Å². The highest BCUT2D eigenvalue weighted by molar-refractivity contribution is 9.10. The summed E-state index contributed by atoms with van der Waals surface area (Å²) in [4.78, 5) is 11.3. The molecule has 1 amide bonds. The highest BCUT2D eigenvalue weighted by Crippen LogP contribution is 2.28. The number of rotatable bonds is 3. The van der Waals surface area contributed by atoms with E-state index in [0.717, 1.165) is 30.2 Å². The minimum absolute atomic E-state index is 0.0705. The van der Waals surface area contributed by atoms with Gasteiger partial charge in [-0.1, -0.05) is 15.9 Å². The van der Waals surface area contributed by atoms with Gasteiger partial charge < -0.3 is 16.2 Å². The van der Waals surface area contributed by atoms with Crippen molar-refractivity contribution in [2.75, 3.05) is 0 Å². The van der Waals surface area contributed by atoms with Crippen LogP contribution in [0.15, 0.2) is 22.7 Å². The SMILES string of the molecule is NC(=O)c1ccc(Br)cc1OC1CCCC(N)C1. The number of benzene rings is 1. The van der Waals surface area contributed by atoms with Crippen LogP contribution in [0.25, 0.3) is 0 Å². The van der Waals surface area contributed by atoms with Crippen LogP contribution in [0, 0.1) is 0 Å². The van der Waals surface area contributed by atoms with E-state index < -0.39 is 5.91 Å². The Morgan fingerprint density at radius 3 is 2.83 bits per heavy atom. The van der Waals surface area contributed by atoms with Crippen LogP contribution in [0.1, 0.15) is 36.0 Å². The molecule has 0 heterocycles. The lowest BCUT2D eigenvalue weighted by Gasteiger charge is -2.27. The molecule has 0 saturated heterocycles. The zero-order valence-corrected chi connectivity index (χ0v) is 11.7. The zero-order chi connectivity index (χ0) is 13.1. The summed E-state index contributed by atoms with van der Waals surface area (Å²) in [5.74, 6) is 0.0635. The van der Waals surface area contributed by atoms with Crippen molar-refractivity contribution in [3.05, 3.63) is 28.2 Å². The van der Waals surface area contributed by atoms with E-state index in [1.807, 2.05) is 0 Å². The molecule has 5 heteroatoms. The van der Waals surface area contributed by atoms with Gasteiger partial charge in [-0.15, -0.1) is 0 Å². The maximum absolute atomic E-state index is 11.3. The molecule has 2 atom stereocenters. The zero-order valence-electron chi connectivity index (χ0n) is 10.1. The molecule has 0 aromatic heterocycles. The Kier molecular flexibility index (Phi) is 4.24. The minimum Gasteiger partial charge on any atom is -0.489 e. The lowest BCUT2D eigenvalue weighted by atomic mass is 9.93. The molecule has 1 aliphatic carbocycles. The number of halogens is 1. The van der Waals surface area contributed by atoms with E-state index in [9.17, 15) is 4.79 Å². The molecule has 0 spiro atoms. The molecule has 1 aromatic rings. The van der Waals surface area contributed by atoms with Gasteiger partial charge in [-0.3, -0.25) is 4.79 Å². The molecule has 2 unspecified atom stereocenters. The molecule has 4 N–H and O–H groups in total. The molecule has 18 heavy (non-hydrogen) atoms. The normalized spacial score (nSPS) is 23.7. The highest BCUT2D eigenvalue weighted by Gasteiger charge is 2.22. The van der Waals surface area contributed by atoms with E-state index in [1.54, 1.807) is 18.2 Å². The van der Waals surface area contributed by atoms with Crippen molar-refractivity contribution >= 4 is 21.8 Å². The summed E-state index contributed by atoms with van der Waals surface area (Å²) in [7, 11) is 0. The molecule has 4 nitrogen and oxygen atoms in total. The smallest absolute Gasteiger partial charge is 0.252 e. The maximum atomic E-state index is 11.3. The van der Waals surface area contributed by atoms with Crippen LogP contribution in [0.4, 0.5) is 0 Å². The lowest BCUT2D eigenvalue weighted by Crippen LogP contribution is -2.34. The maximum Gasteiger partial charge on any atom is 0.252 e. The molecule has 0 bridgehead atoms. The number of nitrogens with two attached hydrogens (primary N) is 2. The van der Waals surface area contributed by atoms with E-state index in [0.29, 0.717) is 11.3 Å². The predicted molar refractivity (Wildman–Crippen MR) is 73.5 cm³/mol. The monoisotopic (exact) mass is 312 g/mol.